The number of aromatic nitrogens is 2. The van der Waals surface area contributed by atoms with E-state index in [-0.39, 0.29) is 12.3 Å². The van der Waals surface area contributed by atoms with E-state index >= 15 is 0 Å². The predicted octanol–water partition coefficient (Wildman–Crippen LogP) is 2.31. The summed E-state index contributed by atoms with van der Waals surface area (Å²) in [6, 6.07) is 7.19. The van der Waals surface area contributed by atoms with Crippen LogP contribution in [0.2, 0.25) is 5.02 Å². The third kappa shape index (κ3) is 3.53. The Labute approximate surface area is 104 Å². The van der Waals surface area contributed by atoms with Gasteiger partial charge in [-0.15, -0.1) is 0 Å². The van der Waals surface area contributed by atoms with Gasteiger partial charge in [-0.2, -0.15) is 0 Å². The number of benzene rings is 1. The highest BCUT2D eigenvalue weighted by Crippen LogP contribution is 2.11. The number of nitrogens with zero attached hydrogens (tertiary/aromatic N) is 2. The van der Waals surface area contributed by atoms with E-state index in [9.17, 15) is 4.79 Å². The number of carbonyl (C=O) groups excluding carboxylic acids is 1. The fourth-order valence-corrected chi connectivity index (χ4v) is 1.60. The summed E-state index contributed by atoms with van der Waals surface area (Å²) in [7, 11) is 0. The van der Waals surface area contributed by atoms with Crippen LogP contribution in [0, 0.1) is 0 Å². The van der Waals surface area contributed by atoms with Crippen LogP contribution < -0.4 is 5.32 Å². The highest BCUT2D eigenvalue weighted by atomic mass is 35.5. The predicted molar refractivity (Wildman–Crippen MR) is 65.8 cm³/mol. The highest BCUT2D eigenvalue weighted by molar-refractivity contribution is 6.30. The van der Waals surface area contributed by atoms with Gasteiger partial charge in [0.2, 0.25) is 5.91 Å². The molecule has 4 nitrogen and oxygen atoms in total. The summed E-state index contributed by atoms with van der Waals surface area (Å²) >= 11 is 5.83. The lowest BCUT2D eigenvalue weighted by Gasteiger charge is -2.03. The zero-order valence-electron chi connectivity index (χ0n) is 8.93. The van der Waals surface area contributed by atoms with Crippen molar-refractivity contribution in [2.45, 2.75) is 6.42 Å². The Hall–Kier alpha value is -1.94. The van der Waals surface area contributed by atoms with E-state index in [1.807, 2.05) is 12.1 Å². The summed E-state index contributed by atoms with van der Waals surface area (Å²) in [6.07, 6.45) is 4.83. The molecule has 1 heterocycles. The van der Waals surface area contributed by atoms with Gasteiger partial charge < -0.3 is 5.32 Å². The van der Waals surface area contributed by atoms with Gasteiger partial charge in [0.05, 0.1) is 12.6 Å². The topological polar surface area (TPSA) is 54.9 Å². The van der Waals surface area contributed by atoms with Crippen molar-refractivity contribution >= 4 is 23.3 Å². The van der Waals surface area contributed by atoms with Crippen LogP contribution in [0.25, 0.3) is 0 Å². The van der Waals surface area contributed by atoms with Crippen LogP contribution in [0.5, 0.6) is 0 Å². The van der Waals surface area contributed by atoms with E-state index < -0.39 is 0 Å². The first-order valence-corrected chi connectivity index (χ1v) is 5.42. The second-order valence-electron chi connectivity index (χ2n) is 3.45. The Morgan fingerprint density at radius 1 is 1.35 bits per heavy atom. The van der Waals surface area contributed by atoms with E-state index in [0.29, 0.717) is 10.8 Å². The molecule has 86 valence electrons. The molecule has 0 aliphatic heterocycles. The summed E-state index contributed by atoms with van der Waals surface area (Å²) in [5.41, 5.74) is 0.860. The van der Waals surface area contributed by atoms with E-state index in [2.05, 4.69) is 15.3 Å². The molecule has 0 atom stereocenters. The maximum absolute atomic E-state index is 11.7. The second-order valence-corrected chi connectivity index (χ2v) is 3.88. The third-order valence-electron chi connectivity index (χ3n) is 2.08. The Morgan fingerprint density at radius 2 is 2.24 bits per heavy atom. The van der Waals surface area contributed by atoms with Crippen LogP contribution in [0.4, 0.5) is 5.82 Å². The van der Waals surface area contributed by atoms with Gasteiger partial charge in [-0.25, -0.2) is 4.98 Å². The summed E-state index contributed by atoms with van der Waals surface area (Å²) in [5.74, 6) is 0.298. The van der Waals surface area contributed by atoms with Gasteiger partial charge in [0, 0.05) is 17.4 Å². The van der Waals surface area contributed by atoms with E-state index in [1.165, 1.54) is 12.4 Å². The molecule has 0 aliphatic carbocycles. The minimum atomic E-state index is -0.146. The molecule has 5 heteroatoms. The van der Waals surface area contributed by atoms with Gasteiger partial charge in [0.25, 0.3) is 0 Å². The largest absolute Gasteiger partial charge is 0.309 e. The number of nitrogens with one attached hydrogen (secondary N) is 1. The van der Waals surface area contributed by atoms with Crippen molar-refractivity contribution < 1.29 is 4.79 Å². The van der Waals surface area contributed by atoms with Crippen LogP contribution >= 0.6 is 11.6 Å². The van der Waals surface area contributed by atoms with Gasteiger partial charge >= 0.3 is 0 Å². The first kappa shape index (κ1) is 11.5. The Morgan fingerprint density at radius 3 is 2.94 bits per heavy atom. The first-order chi connectivity index (χ1) is 8.24. The van der Waals surface area contributed by atoms with Crippen molar-refractivity contribution in [3.63, 3.8) is 0 Å². The SMILES string of the molecule is O=C(Cc1cccc(Cl)c1)Nc1cnccn1. The van der Waals surface area contributed by atoms with Crippen molar-refractivity contribution in [1.82, 2.24) is 9.97 Å². The fraction of sp³-hybridized carbons (Fsp3) is 0.0833. The van der Waals surface area contributed by atoms with Crippen molar-refractivity contribution in [2.75, 3.05) is 5.32 Å². The fourth-order valence-electron chi connectivity index (χ4n) is 1.38. The first-order valence-electron chi connectivity index (χ1n) is 5.04. The minimum absolute atomic E-state index is 0.146. The third-order valence-corrected chi connectivity index (χ3v) is 2.32. The van der Waals surface area contributed by atoms with Crippen LogP contribution in [0.3, 0.4) is 0 Å². The summed E-state index contributed by atoms with van der Waals surface area (Å²) in [4.78, 5) is 19.5. The molecule has 0 bridgehead atoms. The zero-order valence-corrected chi connectivity index (χ0v) is 9.69. The Balaban J connectivity index is 1.98. The van der Waals surface area contributed by atoms with Crippen molar-refractivity contribution in [2.24, 2.45) is 0 Å². The van der Waals surface area contributed by atoms with Crippen molar-refractivity contribution in [1.29, 1.82) is 0 Å². The number of amides is 1. The maximum atomic E-state index is 11.7. The second kappa shape index (κ2) is 5.41. The van der Waals surface area contributed by atoms with Crippen molar-refractivity contribution in [3.05, 3.63) is 53.4 Å². The number of hydrogen-bond donors (Lipinski definition) is 1. The zero-order chi connectivity index (χ0) is 12.1. The number of halogens is 1. The molecule has 0 saturated carbocycles. The van der Waals surface area contributed by atoms with Gasteiger partial charge in [-0.3, -0.25) is 9.78 Å². The molecule has 1 aromatic carbocycles. The Kier molecular flexibility index (Phi) is 3.67. The number of hydrogen-bond acceptors (Lipinski definition) is 3. The van der Waals surface area contributed by atoms with Gasteiger partial charge in [-0.1, -0.05) is 23.7 Å². The minimum Gasteiger partial charge on any atom is -0.309 e. The molecule has 1 N–H and O–H groups in total. The van der Waals surface area contributed by atoms with Crippen LogP contribution in [0.1, 0.15) is 5.56 Å². The normalized spacial score (nSPS) is 9.94. The standard InChI is InChI=1S/C12H10ClN3O/c13-10-3-1-2-9(6-10)7-12(17)16-11-8-14-4-5-15-11/h1-6,8H,7H2,(H,15,16,17). The number of rotatable bonds is 3. The van der Waals surface area contributed by atoms with Crippen LogP contribution in [-0.4, -0.2) is 15.9 Å². The van der Waals surface area contributed by atoms with Gasteiger partial charge in [0.15, 0.2) is 5.82 Å². The number of carbonyl (C=O) groups is 1. The molecule has 0 unspecified atom stereocenters. The lowest BCUT2D eigenvalue weighted by Crippen LogP contribution is -2.15. The molecule has 1 amide bonds. The molecule has 0 aliphatic rings. The quantitative estimate of drug-likeness (QED) is 0.906. The van der Waals surface area contributed by atoms with E-state index in [4.69, 9.17) is 11.6 Å². The molecular formula is C12H10ClN3O. The molecule has 0 fully saturated rings. The van der Waals surface area contributed by atoms with Crippen LogP contribution in [0.15, 0.2) is 42.9 Å². The van der Waals surface area contributed by atoms with Crippen molar-refractivity contribution in [3.8, 4) is 0 Å². The Bertz CT molecular complexity index is 516. The summed E-state index contributed by atoms with van der Waals surface area (Å²) in [6.45, 7) is 0. The molecule has 2 rings (SSSR count). The molecular weight excluding hydrogens is 238 g/mol. The molecule has 0 spiro atoms. The van der Waals surface area contributed by atoms with E-state index in [1.54, 1.807) is 18.3 Å². The average Bonchev–Trinajstić information content (AvgIpc) is 2.30. The number of anilines is 1. The lowest BCUT2D eigenvalue weighted by atomic mass is 10.1. The summed E-state index contributed by atoms with van der Waals surface area (Å²) < 4.78 is 0. The molecule has 1 aromatic heterocycles. The molecule has 17 heavy (non-hydrogen) atoms. The van der Waals surface area contributed by atoms with Gasteiger partial charge in [0.1, 0.15) is 0 Å². The van der Waals surface area contributed by atoms with Gasteiger partial charge in [-0.05, 0) is 17.7 Å². The monoisotopic (exact) mass is 247 g/mol. The van der Waals surface area contributed by atoms with E-state index in [0.717, 1.165) is 5.56 Å². The molecule has 0 radical (unpaired) electrons. The average molecular weight is 248 g/mol. The molecule has 0 saturated heterocycles. The summed E-state index contributed by atoms with van der Waals surface area (Å²) in [5, 5.41) is 3.27. The van der Waals surface area contributed by atoms with Crippen LogP contribution in [-0.2, 0) is 11.2 Å². The molecule has 2 aromatic rings. The lowest BCUT2D eigenvalue weighted by molar-refractivity contribution is -0.115. The highest BCUT2D eigenvalue weighted by Gasteiger charge is 2.04. The smallest absolute Gasteiger partial charge is 0.229 e. The maximum Gasteiger partial charge on any atom is 0.229 e.